The molecule has 0 unspecified atom stereocenters. The van der Waals surface area contributed by atoms with E-state index in [1.807, 2.05) is 0 Å². The molecular weight excluding hydrogens is 180 g/mol. The largest absolute Gasteiger partial charge is 0.407 e. The fourth-order valence-electron chi connectivity index (χ4n) is 1.82. The Hall–Kier alpha value is -1.10. The molecule has 0 amide bonds. The van der Waals surface area contributed by atoms with E-state index < -0.39 is 0 Å². The molecule has 1 aromatic rings. The van der Waals surface area contributed by atoms with Gasteiger partial charge in [0, 0.05) is 6.04 Å². The van der Waals surface area contributed by atoms with Gasteiger partial charge in [0.15, 0.2) is 0 Å². The van der Waals surface area contributed by atoms with Gasteiger partial charge in [-0.3, -0.25) is 0 Å². The van der Waals surface area contributed by atoms with Crippen LogP contribution in [-0.2, 0) is 6.54 Å². The van der Waals surface area contributed by atoms with Crippen LogP contribution in [0.4, 0.5) is 6.01 Å². The SMILES string of the molecule is NCc1nnc(NC2CCCCC2)o1. The molecule has 1 fully saturated rings. The van der Waals surface area contributed by atoms with Crippen LogP contribution >= 0.6 is 0 Å². The Morgan fingerprint density at radius 3 is 2.71 bits per heavy atom. The molecule has 0 saturated heterocycles. The first-order chi connectivity index (χ1) is 6.88. The average molecular weight is 196 g/mol. The minimum Gasteiger partial charge on any atom is -0.407 e. The molecule has 5 nitrogen and oxygen atoms in total. The van der Waals surface area contributed by atoms with Crippen molar-refractivity contribution in [1.82, 2.24) is 10.2 Å². The number of hydrogen-bond acceptors (Lipinski definition) is 5. The molecular formula is C9H16N4O. The molecule has 3 N–H and O–H groups in total. The molecule has 0 aliphatic heterocycles. The van der Waals surface area contributed by atoms with Gasteiger partial charge in [-0.05, 0) is 12.8 Å². The summed E-state index contributed by atoms with van der Waals surface area (Å²) >= 11 is 0. The van der Waals surface area contributed by atoms with Crippen LogP contribution in [0.3, 0.4) is 0 Å². The normalized spacial score (nSPS) is 18.4. The summed E-state index contributed by atoms with van der Waals surface area (Å²) in [4.78, 5) is 0. The van der Waals surface area contributed by atoms with E-state index in [4.69, 9.17) is 10.2 Å². The average Bonchev–Trinajstić information content (AvgIpc) is 2.67. The zero-order valence-electron chi connectivity index (χ0n) is 8.20. The van der Waals surface area contributed by atoms with Crippen molar-refractivity contribution in [3.8, 4) is 0 Å². The van der Waals surface area contributed by atoms with Crippen LogP contribution in [0.15, 0.2) is 4.42 Å². The Balaban J connectivity index is 1.89. The molecule has 0 bridgehead atoms. The Bertz CT molecular complexity index is 280. The summed E-state index contributed by atoms with van der Waals surface area (Å²) in [5.41, 5.74) is 5.37. The predicted molar refractivity (Wildman–Crippen MR) is 52.7 cm³/mol. The lowest BCUT2D eigenvalue weighted by molar-refractivity contribution is 0.441. The topological polar surface area (TPSA) is 77.0 Å². The summed E-state index contributed by atoms with van der Waals surface area (Å²) in [6, 6.07) is 1.01. The third-order valence-electron chi connectivity index (χ3n) is 2.57. The molecule has 14 heavy (non-hydrogen) atoms. The van der Waals surface area contributed by atoms with Gasteiger partial charge in [-0.1, -0.05) is 24.4 Å². The standard InChI is InChI=1S/C9H16N4O/c10-6-8-12-13-9(14-8)11-7-4-2-1-3-5-7/h7H,1-6,10H2,(H,11,13). The second-order valence-corrected chi connectivity index (χ2v) is 3.68. The van der Waals surface area contributed by atoms with Gasteiger partial charge in [-0.2, -0.15) is 0 Å². The van der Waals surface area contributed by atoms with Crippen molar-refractivity contribution in [2.45, 2.75) is 44.7 Å². The van der Waals surface area contributed by atoms with Crippen molar-refractivity contribution < 1.29 is 4.42 Å². The quantitative estimate of drug-likeness (QED) is 0.761. The first kappa shape index (κ1) is 9.45. The van der Waals surface area contributed by atoms with Crippen LogP contribution in [0, 0.1) is 0 Å². The predicted octanol–water partition coefficient (Wildman–Crippen LogP) is 1.27. The third kappa shape index (κ3) is 2.23. The van der Waals surface area contributed by atoms with E-state index in [1.165, 1.54) is 32.1 Å². The minimum absolute atomic E-state index is 0.305. The lowest BCUT2D eigenvalue weighted by Crippen LogP contribution is -2.22. The van der Waals surface area contributed by atoms with Crippen molar-refractivity contribution in [3.05, 3.63) is 5.89 Å². The van der Waals surface area contributed by atoms with E-state index in [0.717, 1.165) is 0 Å². The number of nitrogens with one attached hydrogen (secondary N) is 1. The molecule has 5 heteroatoms. The van der Waals surface area contributed by atoms with Crippen LogP contribution in [0.2, 0.25) is 0 Å². The fourth-order valence-corrected chi connectivity index (χ4v) is 1.82. The number of hydrogen-bond donors (Lipinski definition) is 2. The lowest BCUT2D eigenvalue weighted by Gasteiger charge is -2.21. The summed E-state index contributed by atoms with van der Waals surface area (Å²) in [5.74, 6) is 0.489. The van der Waals surface area contributed by atoms with E-state index >= 15 is 0 Å². The smallest absolute Gasteiger partial charge is 0.315 e. The summed E-state index contributed by atoms with van der Waals surface area (Å²) in [6.45, 7) is 0.305. The number of rotatable bonds is 3. The number of nitrogens with zero attached hydrogens (tertiary/aromatic N) is 2. The van der Waals surface area contributed by atoms with Crippen LogP contribution in [-0.4, -0.2) is 16.2 Å². The molecule has 1 aliphatic rings. The Labute approximate surface area is 83.1 Å². The highest BCUT2D eigenvalue weighted by Crippen LogP contribution is 2.20. The molecule has 0 aromatic carbocycles. The first-order valence-corrected chi connectivity index (χ1v) is 5.17. The van der Waals surface area contributed by atoms with E-state index in [9.17, 15) is 0 Å². The fraction of sp³-hybridized carbons (Fsp3) is 0.778. The second-order valence-electron chi connectivity index (χ2n) is 3.68. The van der Waals surface area contributed by atoms with E-state index in [2.05, 4.69) is 15.5 Å². The van der Waals surface area contributed by atoms with Crippen LogP contribution in [0.5, 0.6) is 0 Å². The van der Waals surface area contributed by atoms with Crippen LogP contribution in [0.25, 0.3) is 0 Å². The summed E-state index contributed by atoms with van der Waals surface area (Å²) in [6.07, 6.45) is 6.31. The van der Waals surface area contributed by atoms with Gasteiger partial charge in [0.2, 0.25) is 5.89 Å². The molecule has 78 valence electrons. The highest BCUT2D eigenvalue weighted by molar-refractivity contribution is 5.19. The van der Waals surface area contributed by atoms with Gasteiger partial charge < -0.3 is 15.5 Å². The maximum Gasteiger partial charge on any atom is 0.315 e. The highest BCUT2D eigenvalue weighted by atomic mass is 16.4. The molecule has 0 radical (unpaired) electrons. The van der Waals surface area contributed by atoms with Gasteiger partial charge in [-0.25, -0.2) is 0 Å². The van der Waals surface area contributed by atoms with E-state index in [-0.39, 0.29) is 0 Å². The first-order valence-electron chi connectivity index (χ1n) is 5.17. The van der Waals surface area contributed by atoms with Crippen LogP contribution < -0.4 is 11.1 Å². The van der Waals surface area contributed by atoms with E-state index in [0.29, 0.717) is 24.5 Å². The van der Waals surface area contributed by atoms with Gasteiger partial charge in [0.05, 0.1) is 6.54 Å². The second kappa shape index (κ2) is 4.41. The Morgan fingerprint density at radius 1 is 1.29 bits per heavy atom. The number of nitrogens with two attached hydrogens (primary N) is 1. The van der Waals surface area contributed by atoms with Crippen molar-refractivity contribution in [1.29, 1.82) is 0 Å². The monoisotopic (exact) mass is 196 g/mol. The summed E-state index contributed by atoms with van der Waals surface area (Å²) in [7, 11) is 0. The molecule has 0 spiro atoms. The minimum atomic E-state index is 0.305. The maximum atomic E-state index is 5.37. The van der Waals surface area contributed by atoms with Crippen molar-refractivity contribution >= 4 is 6.01 Å². The van der Waals surface area contributed by atoms with Crippen molar-refractivity contribution in [2.24, 2.45) is 5.73 Å². The van der Waals surface area contributed by atoms with Gasteiger partial charge in [0.25, 0.3) is 0 Å². The molecule has 1 aliphatic carbocycles. The molecule has 1 aromatic heterocycles. The zero-order chi connectivity index (χ0) is 9.80. The Morgan fingerprint density at radius 2 is 2.07 bits per heavy atom. The molecule has 1 heterocycles. The Kier molecular flexibility index (Phi) is 2.98. The lowest BCUT2D eigenvalue weighted by atomic mass is 9.96. The summed E-state index contributed by atoms with van der Waals surface area (Å²) in [5, 5.41) is 10.9. The van der Waals surface area contributed by atoms with Gasteiger partial charge in [0.1, 0.15) is 0 Å². The molecule has 2 rings (SSSR count). The summed E-state index contributed by atoms with van der Waals surface area (Å²) < 4.78 is 5.28. The van der Waals surface area contributed by atoms with E-state index in [1.54, 1.807) is 0 Å². The highest BCUT2D eigenvalue weighted by Gasteiger charge is 2.15. The molecule has 1 saturated carbocycles. The van der Waals surface area contributed by atoms with Crippen molar-refractivity contribution in [2.75, 3.05) is 5.32 Å². The van der Waals surface area contributed by atoms with Gasteiger partial charge >= 0.3 is 6.01 Å². The maximum absolute atomic E-state index is 5.37. The van der Waals surface area contributed by atoms with Crippen molar-refractivity contribution in [3.63, 3.8) is 0 Å². The third-order valence-corrected chi connectivity index (χ3v) is 2.57. The molecule has 0 atom stereocenters. The zero-order valence-corrected chi connectivity index (χ0v) is 8.20. The van der Waals surface area contributed by atoms with Crippen LogP contribution in [0.1, 0.15) is 38.0 Å². The number of anilines is 1. The van der Waals surface area contributed by atoms with Gasteiger partial charge in [-0.15, -0.1) is 5.10 Å². The number of aromatic nitrogens is 2.